The van der Waals surface area contributed by atoms with Crippen LogP contribution < -0.4 is 15.5 Å². The maximum atomic E-state index is 12.0. The fraction of sp³-hybridized carbons (Fsp3) is 0.467. The van der Waals surface area contributed by atoms with E-state index in [0.29, 0.717) is 12.8 Å². The van der Waals surface area contributed by atoms with Gasteiger partial charge in [-0.1, -0.05) is 0 Å². The van der Waals surface area contributed by atoms with E-state index in [1.807, 2.05) is 24.3 Å². The van der Waals surface area contributed by atoms with E-state index in [9.17, 15) is 9.59 Å². The highest BCUT2D eigenvalue weighted by molar-refractivity contribution is 5.99. The first-order valence-electron chi connectivity index (χ1n) is 7.17. The third kappa shape index (κ3) is 2.76. The van der Waals surface area contributed by atoms with Gasteiger partial charge in [-0.3, -0.25) is 9.59 Å². The Morgan fingerprint density at radius 1 is 1.20 bits per heavy atom. The number of hydrogen-bond acceptors (Lipinski definition) is 3. The first-order chi connectivity index (χ1) is 9.72. The number of nitrogens with one attached hydrogen (secondary N) is 2. The first kappa shape index (κ1) is 13.0. The lowest BCUT2D eigenvalue weighted by molar-refractivity contribution is -0.122. The van der Waals surface area contributed by atoms with E-state index in [1.165, 1.54) is 18.5 Å². The van der Waals surface area contributed by atoms with E-state index >= 15 is 0 Å². The Bertz CT molecular complexity index is 506. The van der Waals surface area contributed by atoms with Gasteiger partial charge in [0.25, 0.3) is 0 Å². The first-order valence-corrected chi connectivity index (χ1v) is 7.17. The van der Waals surface area contributed by atoms with Crippen molar-refractivity contribution in [3.8, 4) is 0 Å². The van der Waals surface area contributed by atoms with Gasteiger partial charge in [-0.25, -0.2) is 0 Å². The molecule has 0 radical (unpaired) electrons. The van der Waals surface area contributed by atoms with E-state index in [0.717, 1.165) is 18.8 Å². The van der Waals surface area contributed by atoms with Crippen LogP contribution in [0.25, 0.3) is 0 Å². The summed E-state index contributed by atoms with van der Waals surface area (Å²) in [5, 5.41) is 5.52. The topological polar surface area (TPSA) is 61.4 Å². The summed E-state index contributed by atoms with van der Waals surface area (Å²) in [7, 11) is 0. The molecule has 0 aromatic heterocycles. The van der Waals surface area contributed by atoms with Crippen molar-refractivity contribution in [2.75, 3.05) is 23.3 Å². The molecule has 2 aliphatic rings. The molecule has 5 heteroatoms. The van der Waals surface area contributed by atoms with Crippen molar-refractivity contribution in [1.29, 1.82) is 0 Å². The summed E-state index contributed by atoms with van der Waals surface area (Å²) in [5.74, 6) is -0.181. The smallest absolute Gasteiger partial charge is 0.246 e. The molecule has 2 aliphatic heterocycles. The highest BCUT2D eigenvalue weighted by Gasteiger charge is 2.27. The third-order valence-electron chi connectivity index (χ3n) is 3.92. The molecule has 106 valence electrons. The van der Waals surface area contributed by atoms with Gasteiger partial charge >= 0.3 is 0 Å². The van der Waals surface area contributed by atoms with E-state index < -0.39 is 0 Å². The number of carbonyl (C=O) groups is 2. The summed E-state index contributed by atoms with van der Waals surface area (Å²) < 4.78 is 0. The summed E-state index contributed by atoms with van der Waals surface area (Å²) >= 11 is 0. The van der Waals surface area contributed by atoms with Crippen LogP contribution in [0.3, 0.4) is 0 Å². The highest BCUT2D eigenvalue weighted by Crippen LogP contribution is 2.22. The standard InChI is InChI=1S/C15H19N3O2/c19-14-8-7-13(17-14)15(20)16-11-3-5-12(6-4-11)18-9-1-2-10-18/h3-6,13H,1-2,7-10H2,(H,16,20)(H,17,19). The molecular formula is C15H19N3O2. The molecule has 1 unspecified atom stereocenters. The van der Waals surface area contributed by atoms with Crippen LogP contribution in [0.4, 0.5) is 11.4 Å². The molecule has 0 spiro atoms. The molecule has 2 saturated heterocycles. The van der Waals surface area contributed by atoms with Gasteiger partial charge < -0.3 is 15.5 Å². The average molecular weight is 273 g/mol. The van der Waals surface area contributed by atoms with Gasteiger partial charge in [0.1, 0.15) is 6.04 Å². The lowest BCUT2D eigenvalue weighted by Crippen LogP contribution is -2.37. The predicted molar refractivity (Wildman–Crippen MR) is 77.7 cm³/mol. The van der Waals surface area contributed by atoms with E-state index in [-0.39, 0.29) is 17.9 Å². The zero-order valence-corrected chi connectivity index (χ0v) is 11.4. The fourth-order valence-corrected chi connectivity index (χ4v) is 2.77. The highest BCUT2D eigenvalue weighted by atomic mass is 16.2. The molecule has 0 aliphatic carbocycles. The molecule has 0 bridgehead atoms. The quantitative estimate of drug-likeness (QED) is 0.877. The fourth-order valence-electron chi connectivity index (χ4n) is 2.77. The molecule has 5 nitrogen and oxygen atoms in total. The number of anilines is 2. The summed E-state index contributed by atoms with van der Waals surface area (Å²) in [4.78, 5) is 25.4. The van der Waals surface area contributed by atoms with E-state index in [4.69, 9.17) is 0 Å². The third-order valence-corrected chi connectivity index (χ3v) is 3.92. The minimum atomic E-state index is -0.388. The average Bonchev–Trinajstić information content (AvgIpc) is 3.10. The van der Waals surface area contributed by atoms with Crippen LogP contribution in [0, 0.1) is 0 Å². The molecule has 1 aromatic rings. The summed E-state index contributed by atoms with van der Waals surface area (Å²) in [5.41, 5.74) is 1.98. The van der Waals surface area contributed by atoms with Crippen LogP contribution in [0.5, 0.6) is 0 Å². The lowest BCUT2D eigenvalue weighted by atomic mass is 10.2. The molecule has 1 atom stereocenters. The number of nitrogens with zero attached hydrogens (tertiary/aromatic N) is 1. The number of amides is 2. The molecule has 3 rings (SSSR count). The largest absolute Gasteiger partial charge is 0.372 e. The van der Waals surface area contributed by atoms with Crippen molar-refractivity contribution >= 4 is 23.2 Å². The zero-order chi connectivity index (χ0) is 13.9. The molecule has 2 heterocycles. The Morgan fingerprint density at radius 2 is 1.90 bits per heavy atom. The van der Waals surface area contributed by atoms with Crippen molar-refractivity contribution in [2.24, 2.45) is 0 Å². The second kappa shape index (κ2) is 5.53. The monoisotopic (exact) mass is 273 g/mol. The van der Waals surface area contributed by atoms with E-state index in [1.54, 1.807) is 0 Å². The predicted octanol–water partition coefficient (Wildman–Crippen LogP) is 1.50. The van der Waals surface area contributed by atoms with Gasteiger partial charge in [0.15, 0.2) is 0 Å². The van der Waals surface area contributed by atoms with Crippen molar-refractivity contribution in [2.45, 2.75) is 31.7 Å². The maximum absolute atomic E-state index is 12.0. The minimum Gasteiger partial charge on any atom is -0.372 e. The SMILES string of the molecule is O=C1CCC(C(=O)Nc2ccc(N3CCCC3)cc2)N1. The van der Waals surface area contributed by atoms with Crippen molar-refractivity contribution in [1.82, 2.24) is 5.32 Å². The number of benzene rings is 1. The van der Waals surface area contributed by atoms with Crippen LogP contribution >= 0.6 is 0 Å². The number of carbonyl (C=O) groups excluding carboxylic acids is 2. The van der Waals surface area contributed by atoms with Crippen LogP contribution in [-0.2, 0) is 9.59 Å². The normalized spacial score (nSPS) is 21.9. The van der Waals surface area contributed by atoms with Crippen molar-refractivity contribution < 1.29 is 9.59 Å². The van der Waals surface area contributed by atoms with Gasteiger partial charge in [0, 0.05) is 30.9 Å². The molecule has 0 saturated carbocycles. The van der Waals surface area contributed by atoms with Crippen LogP contribution in [0.1, 0.15) is 25.7 Å². The Morgan fingerprint density at radius 3 is 2.50 bits per heavy atom. The van der Waals surface area contributed by atoms with Crippen LogP contribution in [0.2, 0.25) is 0 Å². The summed E-state index contributed by atoms with van der Waals surface area (Å²) in [6.07, 6.45) is 3.52. The molecule has 1 aromatic carbocycles. The molecular weight excluding hydrogens is 254 g/mol. The van der Waals surface area contributed by atoms with Gasteiger partial charge in [0.2, 0.25) is 11.8 Å². The van der Waals surface area contributed by atoms with Gasteiger partial charge in [0.05, 0.1) is 0 Å². The molecule has 2 amide bonds. The van der Waals surface area contributed by atoms with Gasteiger partial charge in [-0.05, 0) is 43.5 Å². The Labute approximate surface area is 118 Å². The van der Waals surface area contributed by atoms with Gasteiger partial charge in [-0.2, -0.15) is 0 Å². The Balaban J connectivity index is 1.60. The van der Waals surface area contributed by atoms with Crippen LogP contribution in [-0.4, -0.2) is 30.9 Å². The second-order valence-corrected chi connectivity index (χ2v) is 5.39. The van der Waals surface area contributed by atoms with Crippen molar-refractivity contribution in [3.05, 3.63) is 24.3 Å². The number of hydrogen-bond donors (Lipinski definition) is 2. The lowest BCUT2D eigenvalue weighted by Gasteiger charge is -2.18. The molecule has 2 N–H and O–H groups in total. The van der Waals surface area contributed by atoms with E-state index in [2.05, 4.69) is 15.5 Å². The number of rotatable bonds is 3. The van der Waals surface area contributed by atoms with Crippen LogP contribution in [0.15, 0.2) is 24.3 Å². The summed E-state index contributed by atoms with van der Waals surface area (Å²) in [6.45, 7) is 2.22. The molecule has 2 fully saturated rings. The minimum absolute atomic E-state index is 0.0467. The van der Waals surface area contributed by atoms with Crippen molar-refractivity contribution in [3.63, 3.8) is 0 Å². The Kier molecular flexibility index (Phi) is 3.58. The summed E-state index contributed by atoms with van der Waals surface area (Å²) in [6, 6.07) is 7.52. The Hall–Kier alpha value is -2.04. The molecule has 20 heavy (non-hydrogen) atoms. The maximum Gasteiger partial charge on any atom is 0.246 e. The second-order valence-electron chi connectivity index (χ2n) is 5.39. The van der Waals surface area contributed by atoms with Gasteiger partial charge in [-0.15, -0.1) is 0 Å². The zero-order valence-electron chi connectivity index (χ0n) is 11.4.